The standard InChI is InChI=1S/C29H33NO4.C12H12F3NO/c1-33-25-11-9-21(19-30-17-15-29(13-14-29)16-18-30)28(34-2)27(25)24-8-4-6-22-20(10-12-26(31)32)5-3-7-23(22)24;1-6-2-7(8-4-12(14,15)5-8)3-9(13)10(6)11(16)17/h3-9,11H,10,12-19H2,1-2H3,(H,31,32);2-3,8H,4-5H2,1H3,(H2,16,17). The summed E-state index contributed by atoms with van der Waals surface area (Å²) >= 11 is 0. The highest BCUT2D eigenvalue weighted by molar-refractivity contribution is 6.01. The van der Waals surface area contributed by atoms with Crippen molar-refractivity contribution < 1.29 is 37.3 Å². The average molecular weight is 703 g/mol. The minimum absolute atomic E-state index is 0.114. The molecule has 1 amide bonds. The smallest absolute Gasteiger partial charge is 0.303 e. The Hall–Kier alpha value is -4.57. The number of hydrogen-bond acceptors (Lipinski definition) is 5. The Kier molecular flexibility index (Phi) is 10.4. The lowest BCUT2D eigenvalue weighted by Crippen LogP contribution is -2.34. The highest BCUT2D eigenvalue weighted by atomic mass is 19.3. The van der Waals surface area contributed by atoms with E-state index in [0.717, 1.165) is 64.7 Å². The van der Waals surface area contributed by atoms with Crippen LogP contribution >= 0.6 is 0 Å². The van der Waals surface area contributed by atoms with Crippen molar-refractivity contribution in [2.45, 2.75) is 76.7 Å². The van der Waals surface area contributed by atoms with E-state index in [1.54, 1.807) is 27.2 Å². The van der Waals surface area contributed by atoms with E-state index in [0.29, 0.717) is 23.0 Å². The monoisotopic (exact) mass is 702 g/mol. The van der Waals surface area contributed by atoms with Gasteiger partial charge in [-0.2, -0.15) is 0 Å². The molecule has 3 fully saturated rings. The molecule has 3 N–H and O–H groups in total. The third kappa shape index (κ3) is 7.86. The summed E-state index contributed by atoms with van der Waals surface area (Å²) in [7, 11) is 3.43. The number of carbonyl (C=O) groups excluding carboxylic acids is 1. The van der Waals surface area contributed by atoms with Crippen molar-refractivity contribution in [2.75, 3.05) is 27.3 Å². The van der Waals surface area contributed by atoms with Crippen LogP contribution in [0.5, 0.6) is 11.5 Å². The first-order valence-corrected chi connectivity index (χ1v) is 17.5. The van der Waals surface area contributed by atoms with Crippen molar-refractivity contribution >= 4 is 22.6 Å². The molecule has 0 atom stereocenters. The summed E-state index contributed by atoms with van der Waals surface area (Å²) in [6.07, 6.45) is 5.52. The maximum atomic E-state index is 13.6. The number of aryl methyl sites for hydroxylation is 2. The summed E-state index contributed by atoms with van der Waals surface area (Å²) in [5, 5.41) is 11.3. The van der Waals surface area contributed by atoms with E-state index in [-0.39, 0.29) is 30.7 Å². The molecule has 0 radical (unpaired) electrons. The second kappa shape index (κ2) is 14.6. The van der Waals surface area contributed by atoms with Gasteiger partial charge in [0.2, 0.25) is 5.92 Å². The number of piperidine rings is 1. The Morgan fingerprint density at radius 2 is 1.61 bits per heavy atom. The summed E-state index contributed by atoms with van der Waals surface area (Å²) in [5.41, 5.74) is 10.6. The number of nitrogens with zero attached hydrogens (tertiary/aromatic N) is 1. The molecule has 7 rings (SSSR count). The normalized spacial score (nSPS) is 17.7. The SMILES string of the molecule is COc1ccc(CN2CCC3(CC2)CC3)c(OC)c1-c1cccc2c(CCC(=O)O)cccc12.Cc1cc(C2CC(F)(F)C2)cc(F)c1C(N)=O. The number of benzene rings is 4. The predicted octanol–water partition coefficient (Wildman–Crippen LogP) is 8.66. The van der Waals surface area contributed by atoms with Crippen LogP contribution in [-0.4, -0.2) is 55.1 Å². The van der Waals surface area contributed by atoms with Gasteiger partial charge in [-0.25, -0.2) is 13.2 Å². The van der Waals surface area contributed by atoms with Crippen LogP contribution in [0.25, 0.3) is 21.9 Å². The first-order chi connectivity index (χ1) is 24.3. The van der Waals surface area contributed by atoms with Crippen molar-refractivity contribution in [3.8, 4) is 22.6 Å². The summed E-state index contributed by atoms with van der Waals surface area (Å²) < 4.78 is 50.9. The summed E-state index contributed by atoms with van der Waals surface area (Å²) in [6, 6.07) is 19.2. The zero-order valence-corrected chi connectivity index (χ0v) is 29.4. The molecule has 51 heavy (non-hydrogen) atoms. The zero-order valence-electron chi connectivity index (χ0n) is 29.4. The average Bonchev–Trinajstić information content (AvgIpc) is 3.85. The maximum Gasteiger partial charge on any atom is 0.303 e. The van der Waals surface area contributed by atoms with Gasteiger partial charge in [-0.3, -0.25) is 14.5 Å². The number of amides is 1. The van der Waals surface area contributed by atoms with Crippen molar-refractivity contribution in [3.63, 3.8) is 0 Å². The first-order valence-electron chi connectivity index (χ1n) is 17.5. The van der Waals surface area contributed by atoms with Gasteiger partial charge in [0.1, 0.15) is 17.3 Å². The number of carboxylic acid groups (broad SMARTS) is 1. The number of primary amides is 1. The maximum absolute atomic E-state index is 13.6. The first kappa shape index (κ1) is 36.2. The minimum atomic E-state index is -2.64. The summed E-state index contributed by atoms with van der Waals surface area (Å²) in [5.74, 6) is -3.70. The molecule has 2 saturated carbocycles. The fraction of sp³-hybridized carbons (Fsp3) is 0.415. The lowest BCUT2D eigenvalue weighted by atomic mass is 9.76. The molecule has 7 nitrogen and oxygen atoms in total. The largest absolute Gasteiger partial charge is 0.496 e. The quantitative estimate of drug-likeness (QED) is 0.172. The van der Waals surface area contributed by atoms with Crippen LogP contribution < -0.4 is 15.2 Å². The molecular formula is C41H45F3N2O5. The highest BCUT2D eigenvalue weighted by Gasteiger charge is 2.46. The molecule has 270 valence electrons. The van der Waals surface area contributed by atoms with Gasteiger partial charge < -0.3 is 20.3 Å². The molecule has 4 aromatic rings. The second-order valence-corrected chi connectivity index (χ2v) is 14.3. The number of ether oxygens (including phenoxy) is 2. The van der Waals surface area contributed by atoms with Gasteiger partial charge in [0, 0.05) is 31.4 Å². The van der Waals surface area contributed by atoms with Crippen LogP contribution in [0.2, 0.25) is 0 Å². The van der Waals surface area contributed by atoms with Gasteiger partial charge >= 0.3 is 5.97 Å². The molecule has 2 aliphatic carbocycles. The van der Waals surface area contributed by atoms with Gasteiger partial charge in [0.25, 0.3) is 5.91 Å². The molecule has 1 aliphatic heterocycles. The minimum Gasteiger partial charge on any atom is -0.496 e. The summed E-state index contributed by atoms with van der Waals surface area (Å²) in [4.78, 5) is 24.7. The number of likely N-dealkylation sites (tertiary alicyclic amines) is 1. The van der Waals surface area contributed by atoms with Gasteiger partial charge in [-0.05, 0) is 109 Å². The molecule has 3 aliphatic rings. The molecule has 1 saturated heterocycles. The van der Waals surface area contributed by atoms with E-state index < -0.39 is 23.6 Å². The number of alkyl halides is 2. The third-order valence-corrected chi connectivity index (χ3v) is 10.9. The Balaban J connectivity index is 0.000000221. The topological polar surface area (TPSA) is 102 Å². The van der Waals surface area contributed by atoms with E-state index in [2.05, 4.69) is 29.2 Å². The Morgan fingerprint density at radius 3 is 2.20 bits per heavy atom. The van der Waals surface area contributed by atoms with Crippen molar-refractivity contribution in [3.05, 3.63) is 94.3 Å². The molecule has 0 aromatic heterocycles. The van der Waals surface area contributed by atoms with Crippen LogP contribution in [-0.2, 0) is 17.8 Å². The van der Waals surface area contributed by atoms with Crippen molar-refractivity contribution in [1.29, 1.82) is 0 Å². The number of carboxylic acids is 1. The third-order valence-electron chi connectivity index (χ3n) is 10.9. The number of rotatable bonds is 10. The van der Waals surface area contributed by atoms with Crippen LogP contribution in [0, 0.1) is 18.2 Å². The predicted molar refractivity (Wildman–Crippen MR) is 191 cm³/mol. The van der Waals surface area contributed by atoms with E-state index in [1.165, 1.54) is 31.2 Å². The molecule has 4 aromatic carbocycles. The van der Waals surface area contributed by atoms with Gasteiger partial charge in [-0.15, -0.1) is 0 Å². The number of halogens is 3. The van der Waals surface area contributed by atoms with Crippen molar-refractivity contribution in [1.82, 2.24) is 4.90 Å². The van der Waals surface area contributed by atoms with Gasteiger partial charge in [-0.1, -0.05) is 48.5 Å². The van der Waals surface area contributed by atoms with Crippen LogP contribution in [0.3, 0.4) is 0 Å². The molecule has 10 heteroatoms. The fourth-order valence-corrected chi connectivity index (χ4v) is 7.76. The van der Waals surface area contributed by atoms with Crippen LogP contribution in [0.15, 0.2) is 60.7 Å². The van der Waals surface area contributed by atoms with Gasteiger partial charge in [0.15, 0.2) is 0 Å². The lowest BCUT2D eigenvalue weighted by Gasteiger charge is -2.35. The Morgan fingerprint density at radius 1 is 0.922 bits per heavy atom. The number of aliphatic carboxylic acids is 1. The Labute approximate surface area is 296 Å². The Bertz CT molecular complexity index is 1920. The number of fused-ring (bicyclic) bond motifs is 1. The number of hydrogen-bond donors (Lipinski definition) is 2. The van der Waals surface area contributed by atoms with Crippen LogP contribution in [0.4, 0.5) is 13.2 Å². The number of nitrogens with two attached hydrogens (primary N) is 1. The van der Waals surface area contributed by atoms with Crippen LogP contribution in [0.1, 0.15) is 83.5 Å². The number of methoxy groups -OCH3 is 2. The molecule has 0 bridgehead atoms. The molecule has 0 unspecified atom stereocenters. The number of carbonyl (C=O) groups is 2. The van der Waals surface area contributed by atoms with E-state index in [9.17, 15) is 27.9 Å². The second-order valence-electron chi connectivity index (χ2n) is 14.3. The summed E-state index contributed by atoms with van der Waals surface area (Å²) in [6.45, 7) is 4.70. The molecule has 1 spiro atoms. The fourth-order valence-electron chi connectivity index (χ4n) is 7.76. The molecule has 1 heterocycles. The lowest BCUT2D eigenvalue weighted by molar-refractivity contribution is -0.136. The highest BCUT2D eigenvalue weighted by Crippen LogP contribution is 2.54. The van der Waals surface area contributed by atoms with E-state index in [1.807, 2.05) is 24.3 Å². The molecular weight excluding hydrogens is 657 g/mol. The van der Waals surface area contributed by atoms with Crippen molar-refractivity contribution in [2.24, 2.45) is 11.1 Å². The van der Waals surface area contributed by atoms with E-state index in [4.69, 9.17) is 15.2 Å². The zero-order chi connectivity index (χ0) is 36.5. The van der Waals surface area contributed by atoms with E-state index >= 15 is 0 Å². The van der Waals surface area contributed by atoms with Gasteiger partial charge in [0.05, 0.1) is 25.3 Å².